The summed E-state index contributed by atoms with van der Waals surface area (Å²) < 4.78 is 17.0. The number of carbonyl (C=O) groups excluding carboxylic acids is 2. The number of hydrogen-bond donors (Lipinski definition) is 3. The summed E-state index contributed by atoms with van der Waals surface area (Å²) in [6.45, 7) is 1.71. The fraction of sp³-hybridized carbons (Fsp3) is 0.440. The molecule has 1 fully saturated rings. The van der Waals surface area contributed by atoms with Crippen molar-refractivity contribution in [1.29, 1.82) is 0 Å². The summed E-state index contributed by atoms with van der Waals surface area (Å²) in [5, 5.41) is 15.8. The molecule has 2 aromatic carbocycles. The maximum Gasteiger partial charge on any atom is 0.250 e. The molecule has 2 aromatic rings. The molecule has 2 aliphatic rings. The third-order valence-corrected chi connectivity index (χ3v) is 6.15. The fourth-order valence-corrected chi connectivity index (χ4v) is 4.63. The van der Waals surface area contributed by atoms with Crippen LogP contribution in [-0.4, -0.2) is 55.6 Å². The molecule has 1 saturated heterocycles. The predicted octanol–water partition coefficient (Wildman–Crippen LogP) is 2.53. The number of benzene rings is 2. The van der Waals surface area contributed by atoms with Gasteiger partial charge >= 0.3 is 0 Å². The van der Waals surface area contributed by atoms with Crippen molar-refractivity contribution in [2.45, 2.75) is 50.0 Å². The number of aliphatic hydroxyl groups excluding tert-OH is 1. The Morgan fingerprint density at radius 1 is 1.18 bits per heavy atom. The minimum absolute atomic E-state index is 0.0291. The van der Waals surface area contributed by atoms with Crippen molar-refractivity contribution < 1.29 is 28.9 Å². The summed E-state index contributed by atoms with van der Waals surface area (Å²) in [6.07, 6.45) is -0.454. The lowest BCUT2D eigenvalue weighted by molar-refractivity contribution is -0.142. The van der Waals surface area contributed by atoms with E-state index in [9.17, 15) is 14.7 Å². The Hall–Kier alpha value is -2.94. The monoisotopic (exact) mass is 454 g/mol. The average Bonchev–Trinajstić information content (AvgIpc) is 3.17. The number of hydrogen-bond acceptors (Lipinski definition) is 6. The molecule has 0 unspecified atom stereocenters. The van der Waals surface area contributed by atoms with Gasteiger partial charge < -0.3 is 30.0 Å². The molecule has 2 amide bonds. The molecule has 2 aliphatic heterocycles. The van der Waals surface area contributed by atoms with Crippen LogP contribution in [-0.2, 0) is 19.1 Å². The summed E-state index contributed by atoms with van der Waals surface area (Å²) in [6, 6.07) is 15.1. The molecule has 0 radical (unpaired) electrons. The Kier molecular flexibility index (Phi) is 7.27. The van der Waals surface area contributed by atoms with Gasteiger partial charge in [0.15, 0.2) is 0 Å². The van der Waals surface area contributed by atoms with Crippen LogP contribution < -0.4 is 15.4 Å². The standard InChI is InChI=1S/C25H30N2O6/c1-15(16-6-4-3-5-7-16)26-23(29)12-18-11-20-19-10-17(27-24(30)14-31-2)8-9-21(19)33-25(20)22(13-28)32-18/h3-10,15,18,20,22,25,28H,11-14H2,1-2H3,(H,26,29)(H,27,30)/t15-,18-,20+,22+,25-/m1/s1. The molecule has 0 bridgehead atoms. The van der Waals surface area contributed by atoms with Gasteiger partial charge in [-0.05, 0) is 37.1 Å². The third kappa shape index (κ3) is 5.35. The number of ether oxygens (including phenoxy) is 3. The second-order valence-electron chi connectivity index (χ2n) is 8.54. The molecule has 0 aliphatic carbocycles. The number of methoxy groups -OCH3 is 1. The van der Waals surface area contributed by atoms with E-state index < -0.39 is 6.10 Å². The fourth-order valence-electron chi connectivity index (χ4n) is 4.63. The van der Waals surface area contributed by atoms with Crippen molar-refractivity contribution in [2.24, 2.45) is 0 Å². The van der Waals surface area contributed by atoms with E-state index in [-0.39, 0.29) is 55.6 Å². The van der Waals surface area contributed by atoms with E-state index in [1.165, 1.54) is 7.11 Å². The van der Waals surface area contributed by atoms with Crippen LogP contribution in [0.2, 0.25) is 0 Å². The van der Waals surface area contributed by atoms with Crippen LogP contribution in [0.15, 0.2) is 48.5 Å². The van der Waals surface area contributed by atoms with Crippen LogP contribution in [0.4, 0.5) is 5.69 Å². The van der Waals surface area contributed by atoms with Gasteiger partial charge in [0.2, 0.25) is 11.8 Å². The quantitative estimate of drug-likeness (QED) is 0.566. The van der Waals surface area contributed by atoms with Gasteiger partial charge in [-0.25, -0.2) is 0 Å². The molecule has 2 heterocycles. The maximum absolute atomic E-state index is 12.7. The third-order valence-electron chi connectivity index (χ3n) is 6.15. The van der Waals surface area contributed by atoms with E-state index >= 15 is 0 Å². The van der Waals surface area contributed by atoms with E-state index in [4.69, 9.17) is 14.2 Å². The molecule has 4 rings (SSSR count). The zero-order chi connectivity index (χ0) is 23.4. The summed E-state index contributed by atoms with van der Waals surface area (Å²) in [5.74, 6) is 0.315. The van der Waals surface area contributed by atoms with Gasteiger partial charge in [-0.15, -0.1) is 0 Å². The maximum atomic E-state index is 12.7. The van der Waals surface area contributed by atoms with Gasteiger partial charge in [0.05, 0.1) is 25.2 Å². The highest BCUT2D eigenvalue weighted by Crippen LogP contribution is 2.47. The molecule has 8 heteroatoms. The van der Waals surface area contributed by atoms with Crippen molar-refractivity contribution >= 4 is 17.5 Å². The lowest BCUT2D eigenvalue weighted by atomic mass is 9.84. The van der Waals surface area contributed by atoms with Gasteiger partial charge in [-0.1, -0.05) is 30.3 Å². The van der Waals surface area contributed by atoms with Crippen molar-refractivity contribution in [3.63, 3.8) is 0 Å². The number of amides is 2. The number of carbonyl (C=O) groups is 2. The van der Waals surface area contributed by atoms with Gasteiger partial charge in [0, 0.05) is 24.3 Å². The van der Waals surface area contributed by atoms with Gasteiger partial charge in [0.25, 0.3) is 0 Å². The first kappa shape index (κ1) is 23.2. The summed E-state index contributed by atoms with van der Waals surface area (Å²) >= 11 is 0. The summed E-state index contributed by atoms with van der Waals surface area (Å²) in [7, 11) is 1.47. The Morgan fingerprint density at radius 3 is 2.70 bits per heavy atom. The molecule has 176 valence electrons. The van der Waals surface area contributed by atoms with Crippen LogP contribution in [0.1, 0.15) is 42.9 Å². The van der Waals surface area contributed by atoms with Crippen LogP contribution in [0.3, 0.4) is 0 Å². The minimum atomic E-state index is -0.535. The van der Waals surface area contributed by atoms with Gasteiger partial charge in [0.1, 0.15) is 24.6 Å². The predicted molar refractivity (Wildman–Crippen MR) is 122 cm³/mol. The van der Waals surface area contributed by atoms with Crippen molar-refractivity contribution in [1.82, 2.24) is 5.32 Å². The molecule has 0 saturated carbocycles. The van der Waals surface area contributed by atoms with Crippen molar-refractivity contribution in [3.8, 4) is 5.75 Å². The normalized spacial score (nSPS) is 24.2. The molecule has 33 heavy (non-hydrogen) atoms. The Labute approximate surface area is 193 Å². The first-order chi connectivity index (χ1) is 16.0. The molecule has 3 N–H and O–H groups in total. The number of rotatable bonds is 8. The van der Waals surface area contributed by atoms with E-state index in [2.05, 4.69) is 10.6 Å². The molecule has 8 nitrogen and oxygen atoms in total. The second kappa shape index (κ2) is 10.3. The second-order valence-corrected chi connectivity index (χ2v) is 8.54. The first-order valence-corrected chi connectivity index (χ1v) is 11.2. The summed E-state index contributed by atoms with van der Waals surface area (Å²) in [4.78, 5) is 24.6. The van der Waals surface area contributed by atoms with E-state index in [0.717, 1.165) is 11.1 Å². The lowest BCUT2D eigenvalue weighted by Crippen LogP contribution is -2.47. The lowest BCUT2D eigenvalue weighted by Gasteiger charge is -2.37. The minimum Gasteiger partial charge on any atom is -0.487 e. The van der Waals surface area contributed by atoms with Crippen molar-refractivity contribution in [2.75, 3.05) is 25.6 Å². The van der Waals surface area contributed by atoms with Gasteiger partial charge in [-0.3, -0.25) is 9.59 Å². The zero-order valence-corrected chi connectivity index (χ0v) is 18.8. The number of aliphatic hydroxyl groups is 1. The molecular weight excluding hydrogens is 424 g/mol. The zero-order valence-electron chi connectivity index (χ0n) is 18.8. The van der Waals surface area contributed by atoms with E-state index in [0.29, 0.717) is 17.9 Å². The Morgan fingerprint density at radius 2 is 1.97 bits per heavy atom. The first-order valence-electron chi connectivity index (χ1n) is 11.2. The van der Waals surface area contributed by atoms with Crippen LogP contribution >= 0.6 is 0 Å². The topological polar surface area (TPSA) is 106 Å². The van der Waals surface area contributed by atoms with E-state index in [1.54, 1.807) is 6.07 Å². The average molecular weight is 455 g/mol. The molecule has 0 spiro atoms. The SMILES string of the molecule is COCC(=O)Nc1ccc2c(c1)[C@@H]1C[C@H](CC(=O)N[C@H](C)c3ccccc3)O[C@@H](CO)[C@@H]1O2. The van der Waals surface area contributed by atoms with E-state index in [1.807, 2.05) is 49.4 Å². The van der Waals surface area contributed by atoms with Crippen LogP contribution in [0, 0.1) is 0 Å². The number of anilines is 1. The highest BCUT2D eigenvalue weighted by Gasteiger charge is 2.46. The smallest absolute Gasteiger partial charge is 0.250 e. The Balaban J connectivity index is 1.44. The number of fused-ring (bicyclic) bond motifs is 3. The highest BCUT2D eigenvalue weighted by molar-refractivity contribution is 5.92. The van der Waals surface area contributed by atoms with Crippen LogP contribution in [0.25, 0.3) is 0 Å². The van der Waals surface area contributed by atoms with Crippen LogP contribution in [0.5, 0.6) is 5.75 Å². The highest BCUT2D eigenvalue weighted by atomic mass is 16.6. The van der Waals surface area contributed by atoms with Crippen molar-refractivity contribution in [3.05, 3.63) is 59.7 Å². The largest absolute Gasteiger partial charge is 0.487 e. The Bertz CT molecular complexity index is 982. The molecular formula is C25H30N2O6. The molecule has 5 atom stereocenters. The molecule has 0 aromatic heterocycles. The summed E-state index contributed by atoms with van der Waals surface area (Å²) in [5.41, 5.74) is 2.63. The van der Waals surface area contributed by atoms with Gasteiger partial charge in [-0.2, -0.15) is 0 Å². The number of nitrogens with one attached hydrogen (secondary N) is 2.